The number of aliphatic hydroxyl groups is 1. The summed E-state index contributed by atoms with van der Waals surface area (Å²) < 4.78 is 28.0. The van der Waals surface area contributed by atoms with Gasteiger partial charge in [0.25, 0.3) is 15.7 Å². The highest BCUT2D eigenvalue weighted by atomic mass is 32.2. The molecule has 0 spiro atoms. The molecule has 3 N–H and O–H groups in total. The predicted octanol–water partition coefficient (Wildman–Crippen LogP) is 3.73. The van der Waals surface area contributed by atoms with E-state index >= 15 is 0 Å². The van der Waals surface area contributed by atoms with Gasteiger partial charge in [0.2, 0.25) is 0 Å². The van der Waals surface area contributed by atoms with Crippen LogP contribution in [0.1, 0.15) is 36.8 Å². The minimum Gasteiger partial charge on any atom is -0.393 e. The molecule has 8 nitrogen and oxygen atoms in total. The Morgan fingerprint density at radius 2 is 1.69 bits per heavy atom. The SMILES string of the molecule is Cc1ccc(NS(=O)(=O)c2ccc(NC3CCC(O)CC3)c([N+](=O)[O-])c2)c(C)c1. The van der Waals surface area contributed by atoms with E-state index in [2.05, 4.69) is 10.0 Å². The van der Waals surface area contributed by atoms with Crippen LogP contribution in [-0.4, -0.2) is 30.6 Å². The fraction of sp³-hybridized carbons (Fsp3) is 0.400. The highest BCUT2D eigenvalue weighted by Crippen LogP contribution is 2.31. The van der Waals surface area contributed by atoms with Crippen molar-refractivity contribution in [3.05, 3.63) is 57.6 Å². The lowest BCUT2D eigenvalue weighted by Gasteiger charge is -2.26. The Balaban J connectivity index is 1.85. The van der Waals surface area contributed by atoms with Gasteiger partial charge < -0.3 is 10.4 Å². The lowest BCUT2D eigenvalue weighted by atomic mass is 9.93. The number of sulfonamides is 1. The zero-order valence-corrected chi connectivity index (χ0v) is 17.2. The maximum Gasteiger partial charge on any atom is 0.293 e. The number of benzene rings is 2. The lowest BCUT2D eigenvalue weighted by Crippen LogP contribution is -2.28. The van der Waals surface area contributed by atoms with E-state index in [4.69, 9.17) is 0 Å². The summed E-state index contributed by atoms with van der Waals surface area (Å²) in [6, 6.07) is 9.19. The Morgan fingerprint density at radius 3 is 2.31 bits per heavy atom. The Morgan fingerprint density at radius 1 is 1.03 bits per heavy atom. The van der Waals surface area contributed by atoms with Crippen LogP contribution >= 0.6 is 0 Å². The molecule has 29 heavy (non-hydrogen) atoms. The molecular weight excluding hydrogens is 394 g/mol. The van der Waals surface area contributed by atoms with E-state index in [1.165, 1.54) is 12.1 Å². The van der Waals surface area contributed by atoms with Crippen LogP contribution in [-0.2, 0) is 10.0 Å². The van der Waals surface area contributed by atoms with Crippen molar-refractivity contribution in [1.82, 2.24) is 0 Å². The molecule has 1 aliphatic rings. The predicted molar refractivity (Wildman–Crippen MR) is 112 cm³/mol. The van der Waals surface area contributed by atoms with Gasteiger partial charge in [-0.3, -0.25) is 14.8 Å². The van der Waals surface area contributed by atoms with Crippen molar-refractivity contribution in [3.8, 4) is 0 Å². The Labute approximate surface area is 170 Å². The number of hydrogen-bond donors (Lipinski definition) is 3. The summed E-state index contributed by atoms with van der Waals surface area (Å²) in [5.41, 5.74) is 2.19. The van der Waals surface area contributed by atoms with E-state index in [-0.39, 0.29) is 28.4 Å². The van der Waals surface area contributed by atoms with Gasteiger partial charge in [0.05, 0.1) is 21.6 Å². The molecule has 0 amide bonds. The molecule has 0 saturated heterocycles. The molecule has 0 radical (unpaired) electrons. The number of nitro groups is 1. The average Bonchev–Trinajstić information content (AvgIpc) is 2.66. The third-order valence-electron chi connectivity index (χ3n) is 5.16. The van der Waals surface area contributed by atoms with Gasteiger partial charge in [0, 0.05) is 12.1 Å². The quantitative estimate of drug-likeness (QED) is 0.484. The summed E-state index contributed by atoms with van der Waals surface area (Å²) in [5, 5.41) is 24.3. The second-order valence-electron chi connectivity index (χ2n) is 7.51. The van der Waals surface area contributed by atoms with Crippen LogP contribution in [0.25, 0.3) is 0 Å². The van der Waals surface area contributed by atoms with Crippen LogP contribution in [0.4, 0.5) is 17.1 Å². The van der Waals surface area contributed by atoms with Crippen LogP contribution in [0.3, 0.4) is 0 Å². The molecular formula is C20H25N3O5S. The largest absolute Gasteiger partial charge is 0.393 e. The highest BCUT2D eigenvalue weighted by Gasteiger charge is 2.25. The van der Waals surface area contributed by atoms with Crippen molar-refractivity contribution < 1.29 is 18.4 Å². The molecule has 2 aromatic rings. The standard InChI is InChI=1S/C20H25N3O5S/c1-13-3-9-18(14(2)11-13)22-29(27,28)17-8-10-19(20(12-17)23(25)26)21-15-4-6-16(24)7-5-15/h3,8-12,15-16,21-22,24H,4-7H2,1-2H3. The van der Waals surface area contributed by atoms with Crippen molar-refractivity contribution in [3.63, 3.8) is 0 Å². The molecule has 1 aliphatic carbocycles. The van der Waals surface area contributed by atoms with Crippen molar-refractivity contribution in [2.24, 2.45) is 0 Å². The van der Waals surface area contributed by atoms with Crippen LogP contribution < -0.4 is 10.0 Å². The summed E-state index contributed by atoms with van der Waals surface area (Å²) in [6.07, 6.45) is 2.35. The fourth-order valence-electron chi connectivity index (χ4n) is 3.52. The van der Waals surface area contributed by atoms with Crippen molar-refractivity contribution in [2.45, 2.75) is 56.6 Å². The summed E-state index contributed by atoms with van der Waals surface area (Å²) >= 11 is 0. The molecule has 2 aromatic carbocycles. The van der Waals surface area contributed by atoms with Gasteiger partial charge in [0.1, 0.15) is 5.69 Å². The first kappa shape index (κ1) is 21.1. The number of nitrogens with one attached hydrogen (secondary N) is 2. The summed E-state index contributed by atoms with van der Waals surface area (Å²) in [4.78, 5) is 10.8. The molecule has 0 bridgehead atoms. The number of hydrogen-bond acceptors (Lipinski definition) is 6. The number of anilines is 2. The van der Waals surface area contributed by atoms with Gasteiger partial charge in [-0.05, 0) is 63.3 Å². The second-order valence-corrected chi connectivity index (χ2v) is 9.19. The van der Waals surface area contributed by atoms with Crippen molar-refractivity contribution in [1.29, 1.82) is 0 Å². The van der Waals surface area contributed by atoms with Crippen molar-refractivity contribution in [2.75, 3.05) is 10.0 Å². The molecule has 0 heterocycles. The normalized spacial score (nSPS) is 19.6. The topological polar surface area (TPSA) is 122 Å². The monoisotopic (exact) mass is 419 g/mol. The first-order chi connectivity index (χ1) is 13.7. The van der Waals surface area contributed by atoms with Gasteiger partial charge in [-0.15, -0.1) is 0 Å². The zero-order valence-electron chi connectivity index (χ0n) is 16.4. The van der Waals surface area contributed by atoms with Gasteiger partial charge in [-0.25, -0.2) is 8.42 Å². The minimum absolute atomic E-state index is 0.00731. The second kappa shape index (κ2) is 8.38. The number of rotatable bonds is 6. The number of aryl methyl sites for hydroxylation is 2. The Bertz CT molecular complexity index is 1010. The van der Waals surface area contributed by atoms with Crippen LogP contribution in [0.2, 0.25) is 0 Å². The average molecular weight is 420 g/mol. The van der Waals surface area contributed by atoms with Gasteiger partial charge in [0.15, 0.2) is 0 Å². The molecule has 1 fully saturated rings. The van der Waals surface area contributed by atoms with Crippen LogP contribution in [0.15, 0.2) is 41.3 Å². The van der Waals surface area contributed by atoms with E-state index in [0.29, 0.717) is 31.4 Å². The van der Waals surface area contributed by atoms with Crippen LogP contribution in [0.5, 0.6) is 0 Å². The van der Waals surface area contributed by atoms with Gasteiger partial charge in [-0.1, -0.05) is 17.7 Å². The molecule has 0 aliphatic heterocycles. The summed E-state index contributed by atoms with van der Waals surface area (Å²) in [7, 11) is -3.98. The number of aliphatic hydroxyl groups excluding tert-OH is 1. The van der Waals surface area contributed by atoms with E-state index in [0.717, 1.165) is 17.2 Å². The molecule has 156 valence electrons. The Kier molecular flexibility index (Phi) is 6.09. The van der Waals surface area contributed by atoms with Gasteiger partial charge >= 0.3 is 0 Å². The summed E-state index contributed by atoms with van der Waals surface area (Å²) in [5.74, 6) is 0. The zero-order chi connectivity index (χ0) is 21.2. The summed E-state index contributed by atoms with van der Waals surface area (Å²) in [6.45, 7) is 3.70. The fourth-order valence-corrected chi connectivity index (χ4v) is 4.67. The van der Waals surface area contributed by atoms with E-state index in [1.54, 1.807) is 19.1 Å². The Hall–Kier alpha value is -2.65. The number of nitro benzene ring substituents is 1. The maximum absolute atomic E-state index is 12.8. The molecule has 0 atom stereocenters. The minimum atomic E-state index is -3.98. The lowest BCUT2D eigenvalue weighted by molar-refractivity contribution is -0.384. The molecule has 1 saturated carbocycles. The third-order valence-corrected chi connectivity index (χ3v) is 6.52. The number of nitrogens with zero attached hydrogens (tertiary/aromatic N) is 1. The molecule has 3 rings (SSSR count). The van der Waals surface area contributed by atoms with Gasteiger partial charge in [-0.2, -0.15) is 0 Å². The van der Waals surface area contributed by atoms with E-state index < -0.39 is 14.9 Å². The highest BCUT2D eigenvalue weighted by molar-refractivity contribution is 7.92. The van der Waals surface area contributed by atoms with E-state index in [1.807, 2.05) is 13.0 Å². The van der Waals surface area contributed by atoms with Crippen LogP contribution in [0, 0.1) is 24.0 Å². The molecule has 0 unspecified atom stereocenters. The van der Waals surface area contributed by atoms with E-state index in [9.17, 15) is 23.6 Å². The molecule has 9 heteroatoms. The third kappa shape index (κ3) is 5.04. The smallest absolute Gasteiger partial charge is 0.293 e. The molecule has 0 aromatic heterocycles. The van der Waals surface area contributed by atoms with Crippen molar-refractivity contribution >= 4 is 27.1 Å². The maximum atomic E-state index is 12.8. The first-order valence-electron chi connectivity index (χ1n) is 9.49. The first-order valence-corrected chi connectivity index (χ1v) is 11.0.